The third kappa shape index (κ3) is 3.16. The summed E-state index contributed by atoms with van der Waals surface area (Å²) in [5.41, 5.74) is 0.628. The van der Waals surface area contributed by atoms with Gasteiger partial charge in [0.15, 0.2) is 0 Å². The van der Waals surface area contributed by atoms with Crippen molar-refractivity contribution in [3.63, 3.8) is 0 Å². The first kappa shape index (κ1) is 14.5. The van der Waals surface area contributed by atoms with E-state index in [1.807, 2.05) is 6.92 Å². The number of aliphatic hydroxyl groups excluding tert-OH is 1. The van der Waals surface area contributed by atoms with Crippen LogP contribution in [-0.2, 0) is 16.6 Å². The maximum Gasteiger partial charge on any atom is 0.243 e. The quantitative estimate of drug-likeness (QED) is 0.924. The molecule has 1 saturated heterocycles. The molecule has 1 heterocycles. The van der Waals surface area contributed by atoms with E-state index >= 15 is 0 Å². The Labute approximate surface area is 115 Å². The first-order valence-corrected chi connectivity index (χ1v) is 8.21. The van der Waals surface area contributed by atoms with Crippen molar-refractivity contribution in [2.24, 2.45) is 0 Å². The highest BCUT2D eigenvalue weighted by Crippen LogP contribution is 2.25. The Morgan fingerprint density at radius 1 is 1.32 bits per heavy atom. The van der Waals surface area contributed by atoms with Crippen LogP contribution in [0.25, 0.3) is 0 Å². The van der Waals surface area contributed by atoms with E-state index in [-0.39, 0.29) is 17.5 Å². The summed E-state index contributed by atoms with van der Waals surface area (Å²) in [6.45, 7) is 2.42. The lowest BCUT2D eigenvalue weighted by Gasteiger charge is -2.26. The Bertz CT molecular complexity index is 527. The molecular formula is C14H21NO3S. The van der Waals surface area contributed by atoms with Crippen LogP contribution in [0.1, 0.15) is 38.2 Å². The minimum atomic E-state index is -3.44. The molecule has 0 saturated carbocycles. The molecule has 0 radical (unpaired) electrons. The standard InChI is InChI=1S/C14H21NO3S/c1-12-6-3-2-4-9-15(12)19(17,18)14-8-5-7-13(10-14)11-16/h5,7-8,10,12,16H,2-4,6,9,11H2,1H3. The highest BCUT2D eigenvalue weighted by Gasteiger charge is 2.29. The molecule has 1 aromatic carbocycles. The van der Waals surface area contributed by atoms with Gasteiger partial charge in [0.25, 0.3) is 0 Å². The van der Waals surface area contributed by atoms with Gasteiger partial charge in [0.05, 0.1) is 11.5 Å². The number of aliphatic hydroxyl groups is 1. The minimum Gasteiger partial charge on any atom is -0.392 e. The Morgan fingerprint density at radius 3 is 2.84 bits per heavy atom. The van der Waals surface area contributed by atoms with Crippen molar-refractivity contribution in [2.75, 3.05) is 6.54 Å². The summed E-state index contributed by atoms with van der Waals surface area (Å²) < 4.78 is 26.9. The van der Waals surface area contributed by atoms with E-state index < -0.39 is 10.0 Å². The lowest BCUT2D eigenvalue weighted by atomic mass is 10.1. The van der Waals surface area contributed by atoms with Crippen LogP contribution < -0.4 is 0 Å². The fourth-order valence-electron chi connectivity index (χ4n) is 2.55. The average molecular weight is 283 g/mol. The highest BCUT2D eigenvalue weighted by atomic mass is 32.2. The summed E-state index contributed by atoms with van der Waals surface area (Å²) in [5.74, 6) is 0. The summed E-state index contributed by atoms with van der Waals surface area (Å²) in [4.78, 5) is 0.285. The normalized spacial score (nSPS) is 22.1. The van der Waals surface area contributed by atoms with Crippen molar-refractivity contribution in [2.45, 2.75) is 50.2 Å². The Balaban J connectivity index is 2.34. The van der Waals surface area contributed by atoms with Gasteiger partial charge in [0, 0.05) is 12.6 Å². The molecular weight excluding hydrogens is 262 g/mol. The molecule has 1 fully saturated rings. The van der Waals surface area contributed by atoms with Crippen LogP contribution in [0.2, 0.25) is 0 Å². The molecule has 1 aliphatic rings. The van der Waals surface area contributed by atoms with Gasteiger partial charge in [-0.05, 0) is 37.5 Å². The van der Waals surface area contributed by atoms with E-state index in [4.69, 9.17) is 5.11 Å². The highest BCUT2D eigenvalue weighted by molar-refractivity contribution is 7.89. The molecule has 5 heteroatoms. The molecule has 4 nitrogen and oxygen atoms in total. The summed E-state index contributed by atoms with van der Waals surface area (Å²) in [6.07, 6.45) is 4.01. The number of hydrogen-bond donors (Lipinski definition) is 1. The zero-order valence-corrected chi connectivity index (χ0v) is 12.1. The van der Waals surface area contributed by atoms with Crippen LogP contribution in [0.5, 0.6) is 0 Å². The number of hydrogen-bond acceptors (Lipinski definition) is 3. The van der Waals surface area contributed by atoms with Gasteiger partial charge in [-0.2, -0.15) is 4.31 Å². The summed E-state index contributed by atoms with van der Waals surface area (Å²) >= 11 is 0. The predicted molar refractivity (Wildman–Crippen MR) is 74.2 cm³/mol. The zero-order valence-electron chi connectivity index (χ0n) is 11.2. The van der Waals surface area contributed by atoms with E-state index in [0.29, 0.717) is 12.1 Å². The number of nitrogens with zero attached hydrogens (tertiary/aromatic N) is 1. The van der Waals surface area contributed by atoms with Gasteiger partial charge >= 0.3 is 0 Å². The van der Waals surface area contributed by atoms with Crippen molar-refractivity contribution < 1.29 is 13.5 Å². The van der Waals surface area contributed by atoms with Gasteiger partial charge in [-0.3, -0.25) is 0 Å². The van der Waals surface area contributed by atoms with Crippen molar-refractivity contribution in [3.05, 3.63) is 29.8 Å². The van der Waals surface area contributed by atoms with E-state index in [1.165, 1.54) is 0 Å². The van der Waals surface area contributed by atoms with Crippen molar-refractivity contribution in [1.29, 1.82) is 0 Å². The van der Waals surface area contributed by atoms with Gasteiger partial charge in [0.2, 0.25) is 10.0 Å². The molecule has 19 heavy (non-hydrogen) atoms. The fraction of sp³-hybridized carbons (Fsp3) is 0.571. The van der Waals surface area contributed by atoms with Gasteiger partial charge in [-0.1, -0.05) is 25.0 Å². The first-order chi connectivity index (χ1) is 9.05. The van der Waals surface area contributed by atoms with Crippen LogP contribution in [0, 0.1) is 0 Å². The van der Waals surface area contributed by atoms with Gasteiger partial charge in [-0.15, -0.1) is 0 Å². The van der Waals surface area contributed by atoms with Crippen molar-refractivity contribution in [3.8, 4) is 0 Å². The molecule has 1 aromatic rings. The van der Waals surface area contributed by atoms with Gasteiger partial charge in [0.1, 0.15) is 0 Å². The summed E-state index contributed by atoms with van der Waals surface area (Å²) in [5, 5.41) is 9.13. The Kier molecular flexibility index (Phi) is 4.60. The van der Waals surface area contributed by atoms with E-state index in [9.17, 15) is 8.42 Å². The monoisotopic (exact) mass is 283 g/mol. The first-order valence-electron chi connectivity index (χ1n) is 6.77. The Hall–Kier alpha value is -0.910. The topological polar surface area (TPSA) is 57.6 Å². The lowest BCUT2D eigenvalue weighted by molar-refractivity contribution is 0.281. The van der Waals surface area contributed by atoms with E-state index in [1.54, 1.807) is 28.6 Å². The van der Waals surface area contributed by atoms with Gasteiger partial charge in [-0.25, -0.2) is 8.42 Å². The lowest BCUT2D eigenvalue weighted by Crippen LogP contribution is -2.38. The van der Waals surface area contributed by atoms with Crippen LogP contribution in [-0.4, -0.2) is 30.4 Å². The molecule has 0 aliphatic carbocycles. The second kappa shape index (κ2) is 6.03. The van der Waals surface area contributed by atoms with E-state index in [2.05, 4.69) is 0 Å². The van der Waals surface area contributed by atoms with Crippen LogP contribution in [0.3, 0.4) is 0 Å². The minimum absolute atomic E-state index is 0.0466. The smallest absolute Gasteiger partial charge is 0.243 e. The second-order valence-electron chi connectivity index (χ2n) is 5.12. The average Bonchev–Trinajstić information content (AvgIpc) is 2.64. The van der Waals surface area contributed by atoms with Crippen LogP contribution in [0.4, 0.5) is 0 Å². The maximum atomic E-state index is 12.7. The molecule has 1 unspecified atom stereocenters. The SMILES string of the molecule is CC1CCCCCN1S(=O)(=O)c1cccc(CO)c1. The van der Waals surface area contributed by atoms with Crippen molar-refractivity contribution in [1.82, 2.24) is 4.31 Å². The van der Waals surface area contributed by atoms with Crippen LogP contribution in [0.15, 0.2) is 29.2 Å². The number of rotatable bonds is 3. The molecule has 0 amide bonds. The third-order valence-corrected chi connectivity index (χ3v) is 5.69. The molecule has 0 spiro atoms. The largest absolute Gasteiger partial charge is 0.392 e. The molecule has 0 aromatic heterocycles. The molecule has 0 bridgehead atoms. The second-order valence-corrected chi connectivity index (χ2v) is 7.01. The Morgan fingerprint density at radius 2 is 2.11 bits per heavy atom. The molecule has 1 atom stereocenters. The molecule has 2 rings (SSSR count). The summed E-state index contributed by atoms with van der Waals surface area (Å²) in [6, 6.07) is 6.62. The predicted octanol–water partition coefficient (Wildman–Crippen LogP) is 2.13. The zero-order chi connectivity index (χ0) is 13.9. The third-order valence-electron chi connectivity index (χ3n) is 3.68. The van der Waals surface area contributed by atoms with Crippen molar-refractivity contribution >= 4 is 10.0 Å². The maximum absolute atomic E-state index is 12.7. The summed E-state index contributed by atoms with van der Waals surface area (Å²) in [7, 11) is -3.44. The van der Waals surface area contributed by atoms with E-state index in [0.717, 1.165) is 25.7 Å². The van der Waals surface area contributed by atoms with Gasteiger partial charge < -0.3 is 5.11 Å². The molecule has 1 aliphatic heterocycles. The fourth-order valence-corrected chi connectivity index (χ4v) is 4.32. The molecule has 106 valence electrons. The number of sulfonamides is 1. The number of benzene rings is 1. The molecule has 1 N–H and O–H groups in total. The van der Waals surface area contributed by atoms with Crippen LogP contribution >= 0.6 is 0 Å².